The molecule has 3 nitrogen and oxygen atoms in total. The van der Waals surface area contributed by atoms with Gasteiger partial charge in [0.1, 0.15) is 21.5 Å². The van der Waals surface area contributed by atoms with E-state index in [9.17, 15) is 8.78 Å². The predicted octanol–water partition coefficient (Wildman–Crippen LogP) is 5.48. The molecular formula is C22H25F2N3S. The van der Waals surface area contributed by atoms with Crippen LogP contribution in [0.2, 0.25) is 0 Å². The maximum atomic E-state index is 14.5. The third-order valence-electron chi connectivity index (χ3n) is 4.86. The lowest BCUT2D eigenvalue weighted by Gasteiger charge is -2.38. The van der Waals surface area contributed by atoms with E-state index in [1.165, 1.54) is 17.8 Å². The van der Waals surface area contributed by atoms with Gasteiger partial charge in [-0.05, 0) is 62.4 Å². The fourth-order valence-corrected chi connectivity index (χ4v) is 4.77. The van der Waals surface area contributed by atoms with Gasteiger partial charge in [0.25, 0.3) is 0 Å². The molecule has 148 valence electrons. The first-order valence-corrected chi connectivity index (χ1v) is 10.2. The zero-order chi connectivity index (χ0) is 20.1. The van der Waals surface area contributed by atoms with E-state index in [0.717, 1.165) is 49.1 Å². The van der Waals surface area contributed by atoms with Gasteiger partial charge in [-0.15, -0.1) is 0 Å². The molecule has 6 heteroatoms. The van der Waals surface area contributed by atoms with Crippen molar-refractivity contribution in [2.75, 3.05) is 6.54 Å². The largest absolute Gasteiger partial charge is 0.330 e. The number of rotatable bonds is 5. The van der Waals surface area contributed by atoms with E-state index in [4.69, 9.17) is 10.8 Å². The number of hydrogen-bond donors (Lipinski definition) is 1. The summed E-state index contributed by atoms with van der Waals surface area (Å²) in [4.78, 5) is -0.609. The minimum Gasteiger partial charge on any atom is -0.330 e. The molecule has 1 spiro atoms. The lowest BCUT2D eigenvalue weighted by atomic mass is 10.00. The molecule has 0 bridgehead atoms. The summed E-state index contributed by atoms with van der Waals surface area (Å²) in [5, 5.41) is 6.98. The van der Waals surface area contributed by atoms with Crippen LogP contribution in [0.25, 0.3) is 0 Å². The van der Waals surface area contributed by atoms with Crippen molar-refractivity contribution in [2.24, 2.45) is 10.8 Å². The van der Waals surface area contributed by atoms with Crippen LogP contribution in [0.5, 0.6) is 0 Å². The number of halogens is 2. The van der Waals surface area contributed by atoms with E-state index in [1.807, 2.05) is 23.2 Å². The molecule has 3 rings (SSSR count). The van der Waals surface area contributed by atoms with Gasteiger partial charge in [-0.3, -0.25) is 0 Å². The van der Waals surface area contributed by atoms with E-state index < -0.39 is 16.5 Å². The number of allylic oxidation sites excluding steroid dienone is 4. The topological polar surface area (TPSA) is 41.6 Å². The second kappa shape index (κ2) is 8.88. The average molecular weight is 402 g/mol. The molecule has 0 amide bonds. The minimum absolute atomic E-state index is 0.160. The summed E-state index contributed by atoms with van der Waals surface area (Å²) >= 11 is 1.42. The molecule has 1 unspecified atom stereocenters. The van der Waals surface area contributed by atoms with Crippen LogP contribution in [0.4, 0.5) is 8.78 Å². The van der Waals surface area contributed by atoms with Gasteiger partial charge in [0, 0.05) is 11.3 Å². The standard InChI is InChI=1S/C22H25F2N3S/c1-16-9-6-4-3-5-7-13-22(16)27(17(2)10-8-14-25)26-21(28-22)19-15-18(23)11-12-20(19)24/h3-4,6,9,11-12,15H,1-2,5,7-8,10,13-14,25H2/b4-3-,9-6-. The van der Waals surface area contributed by atoms with Gasteiger partial charge < -0.3 is 5.73 Å². The molecular weight excluding hydrogens is 376 g/mol. The molecule has 1 aromatic carbocycles. The van der Waals surface area contributed by atoms with Crippen LogP contribution in [0.3, 0.4) is 0 Å². The number of hydrogen-bond acceptors (Lipinski definition) is 4. The van der Waals surface area contributed by atoms with Gasteiger partial charge in [0.05, 0.1) is 0 Å². The Morgan fingerprint density at radius 2 is 2.14 bits per heavy atom. The van der Waals surface area contributed by atoms with Crippen molar-refractivity contribution in [3.05, 3.63) is 84.1 Å². The molecule has 1 aliphatic carbocycles. The molecule has 1 aromatic rings. The maximum absolute atomic E-state index is 14.5. The Morgan fingerprint density at radius 3 is 2.93 bits per heavy atom. The van der Waals surface area contributed by atoms with Gasteiger partial charge >= 0.3 is 0 Å². The number of benzene rings is 1. The summed E-state index contributed by atoms with van der Waals surface area (Å²) in [5.74, 6) is -0.991. The monoisotopic (exact) mass is 401 g/mol. The number of nitrogens with zero attached hydrogens (tertiary/aromatic N) is 2. The van der Waals surface area contributed by atoms with Crippen LogP contribution in [0.1, 0.15) is 37.7 Å². The second-order valence-electron chi connectivity index (χ2n) is 6.89. The zero-order valence-corrected chi connectivity index (χ0v) is 16.7. The lowest BCUT2D eigenvalue weighted by Crippen LogP contribution is -2.40. The highest BCUT2D eigenvalue weighted by Crippen LogP contribution is 2.50. The van der Waals surface area contributed by atoms with Crippen LogP contribution >= 0.6 is 11.8 Å². The van der Waals surface area contributed by atoms with Crippen molar-refractivity contribution in [1.82, 2.24) is 5.01 Å². The van der Waals surface area contributed by atoms with Crippen molar-refractivity contribution in [3.63, 3.8) is 0 Å². The zero-order valence-electron chi connectivity index (χ0n) is 15.8. The first-order valence-electron chi connectivity index (χ1n) is 9.41. The Morgan fingerprint density at radius 1 is 1.32 bits per heavy atom. The first-order chi connectivity index (χ1) is 13.5. The molecule has 28 heavy (non-hydrogen) atoms. The third-order valence-corrected chi connectivity index (χ3v) is 6.33. The Bertz CT molecular complexity index is 859. The molecule has 1 heterocycles. The van der Waals surface area contributed by atoms with Crippen molar-refractivity contribution < 1.29 is 8.78 Å². The quantitative estimate of drug-likeness (QED) is 0.711. The van der Waals surface area contributed by atoms with Gasteiger partial charge in [-0.2, -0.15) is 5.10 Å². The summed E-state index contributed by atoms with van der Waals surface area (Å²) in [7, 11) is 0. The maximum Gasteiger partial charge on any atom is 0.138 e. The highest BCUT2D eigenvalue weighted by molar-refractivity contribution is 8.16. The minimum atomic E-state index is -0.609. The van der Waals surface area contributed by atoms with E-state index in [2.05, 4.69) is 19.2 Å². The predicted molar refractivity (Wildman–Crippen MR) is 114 cm³/mol. The summed E-state index contributed by atoms with van der Waals surface area (Å²) in [6.45, 7) is 9.04. The van der Waals surface area contributed by atoms with Gasteiger partial charge in [0.2, 0.25) is 0 Å². The van der Waals surface area contributed by atoms with Crippen LogP contribution in [-0.4, -0.2) is 21.5 Å². The number of thioether (sulfide) groups is 1. The average Bonchev–Trinajstić information content (AvgIpc) is 3.10. The fourth-order valence-electron chi connectivity index (χ4n) is 3.36. The Hall–Kier alpha value is -2.18. The smallest absolute Gasteiger partial charge is 0.138 e. The van der Waals surface area contributed by atoms with Crippen molar-refractivity contribution in [2.45, 2.75) is 37.0 Å². The van der Waals surface area contributed by atoms with E-state index in [0.29, 0.717) is 18.0 Å². The van der Waals surface area contributed by atoms with Crippen LogP contribution in [0, 0.1) is 11.6 Å². The summed E-state index contributed by atoms with van der Waals surface area (Å²) in [6, 6.07) is 3.44. The Labute approximate surface area is 169 Å². The number of nitrogens with two attached hydrogens (primary N) is 1. The molecule has 0 radical (unpaired) electrons. The van der Waals surface area contributed by atoms with Gasteiger partial charge in [-0.1, -0.05) is 49.2 Å². The van der Waals surface area contributed by atoms with Crippen molar-refractivity contribution in [3.8, 4) is 0 Å². The van der Waals surface area contributed by atoms with E-state index >= 15 is 0 Å². The lowest BCUT2D eigenvalue weighted by molar-refractivity contribution is 0.251. The number of hydrazone groups is 1. The second-order valence-corrected chi connectivity index (χ2v) is 8.16. The molecule has 0 saturated carbocycles. The molecule has 0 aromatic heterocycles. The summed E-state index contributed by atoms with van der Waals surface area (Å²) < 4.78 is 28.2. The van der Waals surface area contributed by atoms with Crippen molar-refractivity contribution in [1.29, 1.82) is 0 Å². The Balaban J connectivity index is 2.04. The summed E-state index contributed by atoms with van der Waals surface area (Å²) in [5.41, 5.74) is 7.48. The first kappa shape index (κ1) is 20.6. The summed E-state index contributed by atoms with van der Waals surface area (Å²) in [6.07, 6.45) is 12.1. The third kappa shape index (κ3) is 4.13. The molecule has 0 saturated heterocycles. The fraction of sp³-hybridized carbons (Fsp3) is 0.318. The van der Waals surface area contributed by atoms with Crippen molar-refractivity contribution >= 4 is 16.8 Å². The van der Waals surface area contributed by atoms with Gasteiger partial charge in [0.15, 0.2) is 0 Å². The van der Waals surface area contributed by atoms with Crippen LogP contribution < -0.4 is 5.73 Å². The molecule has 2 N–H and O–H groups in total. The molecule has 0 fully saturated rings. The highest BCUT2D eigenvalue weighted by atomic mass is 32.2. The molecule has 1 aliphatic heterocycles. The van der Waals surface area contributed by atoms with Gasteiger partial charge in [-0.25, -0.2) is 13.8 Å². The SMILES string of the molecule is C=C(CCCN)N1N=C(c2cc(F)ccc2F)SC12CCC/C=C\C=C/C2=C. The normalized spacial score (nSPS) is 24.5. The van der Waals surface area contributed by atoms with E-state index in [-0.39, 0.29) is 5.56 Å². The highest BCUT2D eigenvalue weighted by Gasteiger charge is 2.46. The van der Waals surface area contributed by atoms with E-state index in [1.54, 1.807) is 0 Å². The molecule has 2 aliphatic rings. The van der Waals surface area contributed by atoms with Crippen LogP contribution in [-0.2, 0) is 0 Å². The van der Waals surface area contributed by atoms with Crippen LogP contribution in [0.15, 0.2) is 72.0 Å². The molecule has 1 atom stereocenters. The Kier molecular flexibility index (Phi) is 6.52.